The maximum Gasteiger partial charge on any atom is 0.185 e. The standard InChI is InChI=1S/C10H17N3S/c1-8(11-2)9-7-14-10(12-9)13-5-3-4-6-13/h7-8,11H,3-6H2,1-2H3. The van der Waals surface area contributed by atoms with E-state index in [0.717, 1.165) is 0 Å². The molecule has 14 heavy (non-hydrogen) atoms. The van der Waals surface area contributed by atoms with Gasteiger partial charge in [-0.3, -0.25) is 0 Å². The van der Waals surface area contributed by atoms with E-state index in [1.54, 1.807) is 11.3 Å². The molecule has 1 aliphatic rings. The fraction of sp³-hybridized carbons (Fsp3) is 0.700. The van der Waals surface area contributed by atoms with Crippen molar-refractivity contribution in [2.75, 3.05) is 25.0 Å². The molecule has 2 rings (SSSR count). The van der Waals surface area contributed by atoms with Crippen LogP contribution < -0.4 is 10.2 Å². The molecular formula is C10H17N3S. The lowest BCUT2D eigenvalue weighted by molar-refractivity contribution is 0.636. The van der Waals surface area contributed by atoms with Crippen LogP contribution in [-0.4, -0.2) is 25.1 Å². The van der Waals surface area contributed by atoms with E-state index >= 15 is 0 Å². The Morgan fingerprint density at radius 1 is 1.50 bits per heavy atom. The molecule has 3 nitrogen and oxygen atoms in total. The summed E-state index contributed by atoms with van der Waals surface area (Å²) < 4.78 is 0. The smallest absolute Gasteiger partial charge is 0.185 e. The van der Waals surface area contributed by atoms with Crippen molar-refractivity contribution >= 4 is 16.5 Å². The van der Waals surface area contributed by atoms with E-state index < -0.39 is 0 Å². The Bertz CT molecular complexity index is 291. The maximum atomic E-state index is 4.64. The minimum Gasteiger partial charge on any atom is -0.348 e. The number of rotatable bonds is 3. The van der Waals surface area contributed by atoms with Crippen LogP contribution in [0.2, 0.25) is 0 Å². The molecule has 1 aromatic heterocycles. The van der Waals surface area contributed by atoms with E-state index in [-0.39, 0.29) is 0 Å². The van der Waals surface area contributed by atoms with Crippen LogP contribution in [0.3, 0.4) is 0 Å². The highest BCUT2D eigenvalue weighted by atomic mass is 32.1. The van der Waals surface area contributed by atoms with E-state index in [1.807, 2.05) is 7.05 Å². The maximum absolute atomic E-state index is 4.64. The molecule has 4 heteroatoms. The highest BCUT2D eigenvalue weighted by molar-refractivity contribution is 7.13. The predicted octanol–water partition coefficient (Wildman–Crippen LogP) is 2.02. The van der Waals surface area contributed by atoms with Gasteiger partial charge in [-0.25, -0.2) is 4.98 Å². The molecule has 2 heterocycles. The SMILES string of the molecule is CNC(C)c1csc(N2CCCC2)n1. The van der Waals surface area contributed by atoms with Crippen LogP contribution in [0.25, 0.3) is 0 Å². The Morgan fingerprint density at radius 3 is 2.86 bits per heavy atom. The number of hydrogen-bond donors (Lipinski definition) is 1. The normalized spacial score (nSPS) is 18.9. The van der Waals surface area contributed by atoms with Crippen LogP contribution in [0.15, 0.2) is 5.38 Å². The second kappa shape index (κ2) is 4.28. The number of anilines is 1. The summed E-state index contributed by atoms with van der Waals surface area (Å²) in [6.45, 7) is 4.50. The highest BCUT2D eigenvalue weighted by Crippen LogP contribution is 2.26. The number of nitrogens with zero attached hydrogens (tertiary/aromatic N) is 2. The summed E-state index contributed by atoms with van der Waals surface area (Å²) in [5, 5.41) is 6.57. The molecule has 0 amide bonds. The molecule has 0 bridgehead atoms. The van der Waals surface area contributed by atoms with Gasteiger partial charge in [-0.05, 0) is 26.8 Å². The zero-order valence-electron chi connectivity index (χ0n) is 8.79. The van der Waals surface area contributed by atoms with Crippen LogP contribution in [0.4, 0.5) is 5.13 Å². The van der Waals surface area contributed by atoms with Crippen LogP contribution in [0, 0.1) is 0 Å². The first-order valence-electron chi connectivity index (χ1n) is 5.19. The molecule has 1 fully saturated rings. The van der Waals surface area contributed by atoms with Gasteiger partial charge in [0.2, 0.25) is 0 Å². The molecule has 78 valence electrons. The first-order valence-corrected chi connectivity index (χ1v) is 6.07. The third kappa shape index (κ3) is 1.91. The molecule has 0 aliphatic carbocycles. The van der Waals surface area contributed by atoms with Crippen LogP contribution in [-0.2, 0) is 0 Å². The van der Waals surface area contributed by atoms with Gasteiger partial charge in [0.05, 0.1) is 5.69 Å². The molecule has 0 aromatic carbocycles. The summed E-state index contributed by atoms with van der Waals surface area (Å²) in [5.41, 5.74) is 1.17. The second-order valence-corrected chi connectivity index (χ2v) is 4.60. The zero-order valence-corrected chi connectivity index (χ0v) is 9.60. The van der Waals surface area contributed by atoms with Gasteiger partial charge < -0.3 is 10.2 Å². The van der Waals surface area contributed by atoms with Gasteiger partial charge in [0.15, 0.2) is 5.13 Å². The molecule has 1 saturated heterocycles. The summed E-state index contributed by atoms with van der Waals surface area (Å²) in [7, 11) is 1.97. The monoisotopic (exact) mass is 211 g/mol. The molecule has 0 saturated carbocycles. The predicted molar refractivity (Wildman–Crippen MR) is 61.0 cm³/mol. The fourth-order valence-electron chi connectivity index (χ4n) is 1.68. The molecule has 1 unspecified atom stereocenters. The first kappa shape index (κ1) is 9.93. The average Bonchev–Trinajstić information content (AvgIpc) is 2.86. The lowest BCUT2D eigenvalue weighted by Gasteiger charge is -2.12. The van der Waals surface area contributed by atoms with Gasteiger partial charge in [0.1, 0.15) is 0 Å². The van der Waals surface area contributed by atoms with Crippen LogP contribution >= 0.6 is 11.3 Å². The topological polar surface area (TPSA) is 28.2 Å². The molecular weight excluding hydrogens is 194 g/mol. The Labute approximate surface area is 89.1 Å². The van der Waals surface area contributed by atoms with Crippen LogP contribution in [0.1, 0.15) is 31.5 Å². The van der Waals surface area contributed by atoms with Crippen molar-refractivity contribution in [3.63, 3.8) is 0 Å². The Kier molecular flexibility index (Phi) is 3.03. The quantitative estimate of drug-likeness (QED) is 0.829. The average molecular weight is 211 g/mol. The van der Waals surface area contributed by atoms with E-state index in [0.29, 0.717) is 6.04 Å². The van der Waals surface area contributed by atoms with Crippen molar-refractivity contribution in [3.05, 3.63) is 11.1 Å². The summed E-state index contributed by atoms with van der Waals surface area (Å²) in [4.78, 5) is 7.03. The summed E-state index contributed by atoms with van der Waals surface area (Å²) in [6.07, 6.45) is 2.63. The summed E-state index contributed by atoms with van der Waals surface area (Å²) in [5.74, 6) is 0. The number of nitrogens with one attached hydrogen (secondary N) is 1. The second-order valence-electron chi connectivity index (χ2n) is 3.76. The molecule has 0 radical (unpaired) electrons. The molecule has 1 aliphatic heterocycles. The van der Waals surface area contributed by atoms with Crippen molar-refractivity contribution in [1.29, 1.82) is 0 Å². The van der Waals surface area contributed by atoms with Crippen molar-refractivity contribution < 1.29 is 0 Å². The largest absolute Gasteiger partial charge is 0.348 e. The van der Waals surface area contributed by atoms with E-state index in [9.17, 15) is 0 Å². The molecule has 0 spiro atoms. The zero-order chi connectivity index (χ0) is 9.97. The number of aromatic nitrogens is 1. The van der Waals surface area contributed by atoms with E-state index in [2.05, 4.69) is 27.5 Å². The number of hydrogen-bond acceptors (Lipinski definition) is 4. The van der Waals surface area contributed by atoms with Crippen molar-refractivity contribution in [1.82, 2.24) is 10.3 Å². The third-order valence-corrected chi connectivity index (χ3v) is 3.68. The summed E-state index contributed by atoms with van der Waals surface area (Å²) in [6, 6.07) is 0.364. The van der Waals surface area contributed by atoms with Crippen molar-refractivity contribution in [2.24, 2.45) is 0 Å². The van der Waals surface area contributed by atoms with Gasteiger partial charge in [-0.1, -0.05) is 0 Å². The van der Waals surface area contributed by atoms with Crippen LogP contribution in [0.5, 0.6) is 0 Å². The molecule has 1 aromatic rings. The Hall–Kier alpha value is -0.610. The highest BCUT2D eigenvalue weighted by Gasteiger charge is 2.16. The van der Waals surface area contributed by atoms with E-state index in [1.165, 1.54) is 36.8 Å². The minimum absolute atomic E-state index is 0.364. The fourth-order valence-corrected chi connectivity index (χ4v) is 2.65. The van der Waals surface area contributed by atoms with Gasteiger partial charge >= 0.3 is 0 Å². The van der Waals surface area contributed by atoms with Gasteiger partial charge in [0, 0.05) is 24.5 Å². The number of thiazole rings is 1. The van der Waals surface area contributed by atoms with Gasteiger partial charge in [-0.15, -0.1) is 11.3 Å². The Balaban J connectivity index is 2.08. The lowest BCUT2D eigenvalue weighted by atomic mass is 10.3. The van der Waals surface area contributed by atoms with Gasteiger partial charge in [0.25, 0.3) is 0 Å². The van der Waals surface area contributed by atoms with Gasteiger partial charge in [-0.2, -0.15) is 0 Å². The lowest BCUT2D eigenvalue weighted by Crippen LogP contribution is -2.18. The minimum atomic E-state index is 0.364. The summed E-state index contributed by atoms with van der Waals surface area (Å²) >= 11 is 1.77. The molecule has 1 atom stereocenters. The van der Waals surface area contributed by atoms with E-state index in [4.69, 9.17) is 0 Å². The van der Waals surface area contributed by atoms with Crippen molar-refractivity contribution in [2.45, 2.75) is 25.8 Å². The van der Waals surface area contributed by atoms with Crippen molar-refractivity contribution in [3.8, 4) is 0 Å². The Morgan fingerprint density at radius 2 is 2.21 bits per heavy atom. The third-order valence-electron chi connectivity index (χ3n) is 2.76. The first-order chi connectivity index (χ1) is 6.81. The molecule has 1 N–H and O–H groups in total.